The number of fused-ring (bicyclic) bond motifs is 1. The van der Waals surface area contributed by atoms with E-state index in [-0.39, 0.29) is 5.16 Å². The molecule has 21 heavy (non-hydrogen) atoms. The molecule has 1 aliphatic heterocycles. The van der Waals surface area contributed by atoms with Gasteiger partial charge >= 0.3 is 6.18 Å². The standard InChI is InChI=1S/C10H8F3N4OPS2/c1-18-6-2-4-7(5-3-6)19(20)16-17-8(10(11,12)13)14-15-9(17)21-19/h2-5H,1H3,(H,16,20)/t19-/m1/s1. The zero-order valence-electron chi connectivity index (χ0n) is 10.5. The molecule has 0 unspecified atom stereocenters. The summed E-state index contributed by atoms with van der Waals surface area (Å²) >= 11 is 6.63. The number of halogens is 3. The van der Waals surface area contributed by atoms with Crippen molar-refractivity contribution in [2.45, 2.75) is 11.3 Å². The van der Waals surface area contributed by atoms with E-state index < -0.39 is 17.4 Å². The van der Waals surface area contributed by atoms with Crippen molar-refractivity contribution in [2.24, 2.45) is 0 Å². The van der Waals surface area contributed by atoms with Crippen LogP contribution in [0.3, 0.4) is 0 Å². The molecule has 2 heterocycles. The predicted octanol–water partition coefficient (Wildman–Crippen LogP) is 2.59. The van der Waals surface area contributed by atoms with Gasteiger partial charge in [-0.2, -0.15) is 13.2 Å². The molecule has 1 N–H and O–H groups in total. The van der Waals surface area contributed by atoms with Gasteiger partial charge in [0.1, 0.15) is 11.1 Å². The fraction of sp³-hybridized carbons (Fsp3) is 0.200. The van der Waals surface area contributed by atoms with Crippen LogP contribution in [-0.4, -0.2) is 22.0 Å². The maximum absolute atomic E-state index is 12.8. The summed E-state index contributed by atoms with van der Waals surface area (Å²) in [6.45, 7) is 0. The van der Waals surface area contributed by atoms with E-state index >= 15 is 0 Å². The highest BCUT2D eigenvalue weighted by molar-refractivity contribution is 8.73. The maximum Gasteiger partial charge on any atom is 0.453 e. The smallest absolute Gasteiger partial charge is 0.453 e. The van der Waals surface area contributed by atoms with Crippen LogP contribution in [0, 0.1) is 0 Å². The lowest BCUT2D eigenvalue weighted by Crippen LogP contribution is -2.20. The number of ether oxygens (including phenoxy) is 1. The SMILES string of the molecule is COc1ccc([P@]2(=S)Nn3c(nnc3C(F)(F)F)S2)cc1. The highest BCUT2D eigenvalue weighted by atomic mass is 32.9. The zero-order valence-corrected chi connectivity index (χ0v) is 13.0. The van der Waals surface area contributed by atoms with E-state index in [2.05, 4.69) is 15.4 Å². The normalized spacial score (nSPS) is 21.0. The number of nitrogens with one attached hydrogen (secondary N) is 1. The van der Waals surface area contributed by atoms with Crippen LogP contribution in [0.15, 0.2) is 29.4 Å². The van der Waals surface area contributed by atoms with E-state index in [0.29, 0.717) is 5.75 Å². The monoisotopic (exact) mass is 352 g/mol. The molecule has 5 nitrogen and oxygen atoms in total. The van der Waals surface area contributed by atoms with E-state index in [1.54, 1.807) is 24.3 Å². The van der Waals surface area contributed by atoms with Gasteiger partial charge in [-0.05, 0) is 35.6 Å². The first-order valence-corrected chi connectivity index (χ1v) is 9.81. The minimum Gasteiger partial charge on any atom is -0.497 e. The van der Waals surface area contributed by atoms with Gasteiger partial charge in [-0.15, -0.1) is 10.2 Å². The summed E-state index contributed by atoms with van der Waals surface area (Å²) in [4.78, 5) is 0. The predicted molar refractivity (Wildman–Crippen MR) is 77.2 cm³/mol. The van der Waals surface area contributed by atoms with Crippen LogP contribution in [0.2, 0.25) is 0 Å². The topological polar surface area (TPSA) is 52.0 Å². The zero-order chi connectivity index (χ0) is 15.3. The van der Waals surface area contributed by atoms with Crippen molar-refractivity contribution in [1.82, 2.24) is 14.9 Å². The van der Waals surface area contributed by atoms with E-state index in [1.807, 2.05) is 0 Å². The van der Waals surface area contributed by atoms with Gasteiger partial charge in [0.2, 0.25) is 5.16 Å². The molecule has 0 aliphatic carbocycles. The minimum absolute atomic E-state index is 0.126. The molecule has 0 saturated carbocycles. The Bertz CT molecular complexity index is 731. The molecule has 1 aromatic carbocycles. The number of alkyl halides is 3. The second-order valence-corrected chi connectivity index (χ2v) is 11.0. The molecular formula is C10H8F3N4OPS2. The fourth-order valence-corrected chi connectivity index (χ4v) is 6.91. The van der Waals surface area contributed by atoms with Gasteiger partial charge in [0.25, 0.3) is 5.82 Å². The Morgan fingerprint density at radius 3 is 2.52 bits per heavy atom. The number of benzene rings is 1. The van der Waals surface area contributed by atoms with Crippen molar-refractivity contribution in [2.75, 3.05) is 12.3 Å². The van der Waals surface area contributed by atoms with Gasteiger partial charge in [0.05, 0.1) is 7.11 Å². The number of methoxy groups -OCH3 is 1. The van der Waals surface area contributed by atoms with E-state index in [0.717, 1.165) is 21.4 Å². The largest absolute Gasteiger partial charge is 0.497 e. The fourth-order valence-electron chi connectivity index (χ4n) is 1.76. The third-order valence-electron chi connectivity index (χ3n) is 2.74. The van der Waals surface area contributed by atoms with Crippen LogP contribution in [0.25, 0.3) is 0 Å². The number of rotatable bonds is 2. The highest BCUT2D eigenvalue weighted by Crippen LogP contribution is 2.63. The second kappa shape index (κ2) is 4.89. The van der Waals surface area contributed by atoms with Crippen molar-refractivity contribution in [3.63, 3.8) is 0 Å². The lowest BCUT2D eigenvalue weighted by atomic mass is 10.3. The summed E-state index contributed by atoms with van der Waals surface area (Å²) in [7, 11) is 1.53. The Balaban J connectivity index is 1.95. The Hall–Kier alpha value is -1.25. The summed E-state index contributed by atoms with van der Waals surface area (Å²) in [6.07, 6.45) is -4.58. The van der Waals surface area contributed by atoms with Crippen molar-refractivity contribution >= 4 is 33.9 Å². The van der Waals surface area contributed by atoms with Crippen LogP contribution >= 0.6 is 16.8 Å². The van der Waals surface area contributed by atoms with Crippen LogP contribution in [0.1, 0.15) is 5.82 Å². The lowest BCUT2D eigenvalue weighted by Gasteiger charge is -2.17. The Morgan fingerprint density at radius 1 is 1.29 bits per heavy atom. The molecule has 3 rings (SSSR count). The Labute approximate surface area is 126 Å². The van der Waals surface area contributed by atoms with Gasteiger partial charge in [-0.25, -0.2) is 4.68 Å². The van der Waals surface area contributed by atoms with E-state index in [9.17, 15) is 13.2 Å². The molecule has 0 spiro atoms. The average molecular weight is 352 g/mol. The number of nitrogens with zero attached hydrogens (tertiary/aromatic N) is 3. The molecule has 1 atom stereocenters. The molecule has 2 aromatic rings. The van der Waals surface area contributed by atoms with Crippen molar-refractivity contribution in [3.05, 3.63) is 30.1 Å². The van der Waals surface area contributed by atoms with Crippen molar-refractivity contribution < 1.29 is 17.9 Å². The van der Waals surface area contributed by atoms with Gasteiger partial charge in [-0.3, -0.25) is 5.20 Å². The summed E-state index contributed by atoms with van der Waals surface area (Å²) in [6, 6.07) is 6.92. The van der Waals surface area contributed by atoms with Crippen LogP contribution in [-0.2, 0) is 18.0 Å². The van der Waals surface area contributed by atoms with Crippen molar-refractivity contribution in [1.29, 1.82) is 0 Å². The van der Waals surface area contributed by atoms with Crippen LogP contribution < -0.4 is 15.2 Å². The average Bonchev–Trinajstić information content (AvgIpc) is 2.95. The van der Waals surface area contributed by atoms with Gasteiger partial charge in [0.15, 0.2) is 0 Å². The van der Waals surface area contributed by atoms with Crippen LogP contribution in [0.5, 0.6) is 5.75 Å². The maximum atomic E-state index is 12.8. The number of aromatic nitrogens is 3. The molecule has 112 valence electrons. The molecule has 0 bridgehead atoms. The highest BCUT2D eigenvalue weighted by Gasteiger charge is 2.43. The summed E-state index contributed by atoms with van der Waals surface area (Å²) in [5.41, 5.74) is 0. The van der Waals surface area contributed by atoms with Gasteiger partial charge in [-0.1, -0.05) is 11.8 Å². The third-order valence-corrected chi connectivity index (χ3v) is 8.55. The third kappa shape index (κ3) is 2.51. The molecule has 11 heteroatoms. The molecule has 1 aliphatic rings. The Kier molecular flexibility index (Phi) is 3.42. The lowest BCUT2D eigenvalue weighted by molar-refractivity contribution is -0.146. The van der Waals surface area contributed by atoms with Gasteiger partial charge in [0, 0.05) is 5.30 Å². The summed E-state index contributed by atoms with van der Waals surface area (Å²) in [5.74, 6) is -0.440. The van der Waals surface area contributed by atoms with Gasteiger partial charge < -0.3 is 4.74 Å². The molecule has 0 saturated heterocycles. The first-order chi connectivity index (χ1) is 9.83. The molecule has 0 fully saturated rings. The molecular weight excluding hydrogens is 344 g/mol. The molecule has 0 amide bonds. The first-order valence-electron chi connectivity index (χ1n) is 5.59. The number of hydrogen-bond donors (Lipinski definition) is 1. The number of hydrogen-bond acceptors (Lipinski definition) is 5. The summed E-state index contributed by atoms with van der Waals surface area (Å²) < 4.78 is 44.3. The quantitative estimate of drug-likeness (QED) is 0.839. The van der Waals surface area contributed by atoms with Crippen LogP contribution in [0.4, 0.5) is 13.2 Å². The minimum atomic E-state index is -4.58. The Morgan fingerprint density at radius 2 is 1.95 bits per heavy atom. The van der Waals surface area contributed by atoms with E-state index in [1.165, 1.54) is 7.11 Å². The summed E-state index contributed by atoms with van der Waals surface area (Å²) in [5, 5.41) is 7.82. The van der Waals surface area contributed by atoms with E-state index in [4.69, 9.17) is 16.5 Å². The van der Waals surface area contributed by atoms with Crippen molar-refractivity contribution in [3.8, 4) is 5.75 Å². The molecule has 1 aromatic heterocycles. The second-order valence-electron chi connectivity index (χ2n) is 4.08. The molecule has 0 radical (unpaired) electrons. The first kappa shape index (κ1) is 14.7.